The first kappa shape index (κ1) is 8.48. The molecule has 0 aromatic rings. The Bertz CT molecular complexity index is 173. The lowest BCUT2D eigenvalue weighted by Crippen LogP contribution is -2.51. The lowest BCUT2D eigenvalue weighted by Gasteiger charge is -2.35. The fraction of sp³-hybridized carbons (Fsp3) is 1.00. The van der Waals surface area contributed by atoms with Crippen molar-refractivity contribution < 1.29 is 0 Å². The summed E-state index contributed by atoms with van der Waals surface area (Å²) >= 11 is 0. The van der Waals surface area contributed by atoms with Crippen LogP contribution in [0.3, 0.4) is 0 Å². The maximum absolute atomic E-state index is 3.49. The third-order valence-electron chi connectivity index (χ3n) is 2.88. The van der Waals surface area contributed by atoms with Crippen LogP contribution in [0.15, 0.2) is 0 Å². The zero-order valence-corrected chi connectivity index (χ0v) is 8.22. The van der Waals surface area contributed by atoms with Crippen LogP contribution in [0.2, 0.25) is 0 Å². The van der Waals surface area contributed by atoms with Crippen molar-refractivity contribution >= 4 is 0 Å². The molecule has 0 bridgehead atoms. The van der Waals surface area contributed by atoms with E-state index in [0.29, 0.717) is 6.04 Å². The predicted octanol–water partition coefficient (Wildman–Crippen LogP) is 0.193. The van der Waals surface area contributed by atoms with E-state index in [2.05, 4.69) is 36.5 Å². The zero-order valence-electron chi connectivity index (χ0n) is 8.22. The summed E-state index contributed by atoms with van der Waals surface area (Å²) in [7, 11) is 0. The summed E-state index contributed by atoms with van der Waals surface area (Å²) < 4.78 is 0. The Kier molecular flexibility index (Phi) is 1.90. The number of nitrogens with zero attached hydrogens (tertiary/aromatic N) is 1. The quantitative estimate of drug-likeness (QED) is 0.542. The monoisotopic (exact) mass is 169 g/mol. The van der Waals surface area contributed by atoms with Gasteiger partial charge in [0.25, 0.3) is 0 Å². The van der Waals surface area contributed by atoms with Gasteiger partial charge >= 0.3 is 0 Å². The van der Waals surface area contributed by atoms with Crippen molar-refractivity contribution in [2.24, 2.45) is 5.92 Å². The normalized spacial score (nSPS) is 37.2. The summed E-state index contributed by atoms with van der Waals surface area (Å²) in [6.07, 6.45) is 0. The van der Waals surface area contributed by atoms with E-state index in [0.717, 1.165) is 19.0 Å². The Labute approximate surface area is 74.5 Å². The second-order valence-corrected chi connectivity index (χ2v) is 4.89. The summed E-state index contributed by atoms with van der Waals surface area (Å²) in [5.41, 5.74) is 3.75. The lowest BCUT2D eigenvalue weighted by molar-refractivity contribution is 0.0703. The molecule has 0 aromatic carbocycles. The molecule has 3 heteroatoms. The fourth-order valence-electron chi connectivity index (χ4n) is 2.30. The predicted molar refractivity (Wildman–Crippen MR) is 49.7 cm³/mol. The molecule has 2 aliphatic rings. The molecule has 2 heterocycles. The van der Waals surface area contributed by atoms with Crippen LogP contribution < -0.4 is 10.7 Å². The average molecular weight is 169 g/mol. The van der Waals surface area contributed by atoms with Gasteiger partial charge in [-0.25, -0.2) is 5.01 Å². The van der Waals surface area contributed by atoms with E-state index in [9.17, 15) is 0 Å². The van der Waals surface area contributed by atoms with Gasteiger partial charge in [0.1, 0.15) is 0 Å². The van der Waals surface area contributed by atoms with E-state index in [4.69, 9.17) is 0 Å². The van der Waals surface area contributed by atoms with Gasteiger partial charge in [-0.1, -0.05) is 0 Å². The van der Waals surface area contributed by atoms with E-state index in [1.165, 1.54) is 6.54 Å². The third kappa shape index (κ3) is 1.26. The van der Waals surface area contributed by atoms with E-state index in [1.54, 1.807) is 0 Å². The maximum atomic E-state index is 3.49. The Hall–Kier alpha value is -0.120. The van der Waals surface area contributed by atoms with Gasteiger partial charge in [0.15, 0.2) is 0 Å². The molecule has 0 amide bonds. The molecule has 0 saturated carbocycles. The van der Waals surface area contributed by atoms with Gasteiger partial charge in [-0.05, 0) is 20.8 Å². The molecule has 2 unspecified atom stereocenters. The maximum Gasteiger partial charge on any atom is 0.0427 e. The van der Waals surface area contributed by atoms with E-state index < -0.39 is 0 Å². The molecule has 70 valence electrons. The number of nitrogens with one attached hydrogen (secondary N) is 2. The highest BCUT2D eigenvalue weighted by atomic mass is 15.6. The van der Waals surface area contributed by atoms with Gasteiger partial charge < -0.3 is 5.32 Å². The average Bonchev–Trinajstić information content (AvgIpc) is 2.37. The van der Waals surface area contributed by atoms with Gasteiger partial charge in [-0.15, -0.1) is 0 Å². The van der Waals surface area contributed by atoms with Crippen LogP contribution in [-0.4, -0.2) is 36.2 Å². The van der Waals surface area contributed by atoms with Crippen LogP contribution in [0.4, 0.5) is 0 Å². The Morgan fingerprint density at radius 3 is 2.58 bits per heavy atom. The van der Waals surface area contributed by atoms with Crippen molar-refractivity contribution in [1.82, 2.24) is 15.8 Å². The Balaban J connectivity index is 2.09. The lowest BCUT2D eigenvalue weighted by atomic mass is 10.0. The summed E-state index contributed by atoms with van der Waals surface area (Å²) in [6, 6.07) is 0.713. The number of hydrogen-bond acceptors (Lipinski definition) is 3. The molecule has 0 radical (unpaired) electrons. The van der Waals surface area contributed by atoms with Crippen molar-refractivity contribution in [3.05, 3.63) is 0 Å². The van der Waals surface area contributed by atoms with Crippen LogP contribution in [-0.2, 0) is 0 Å². The SMILES string of the molecule is CC(C)(C)N1NCC2CNCC21. The topological polar surface area (TPSA) is 27.3 Å². The first-order valence-electron chi connectivity index (χ1n) is 4.82. The molecule has 2 aliphatic heterocycles. The van der Waals surface area contributed by atoms with Crippen molar-refractivity contribution in [3.63, 3.8) is 0 Å². The molecule has 0 aliphatic carbocycles. The van der Waals surface area contributed by atoms with E-state index >= 15 is 0 Å². The first-order chi connectivity index (χ1) is 5.59. The van der Waals surface area contributed by atoms with E-state index in [1.807, 2.05) is 0 Å². The smallest absolute Gasteiger partial charge is 0.0427 e. The van der Waals surface area contributed by atoms with Crippen molar-refractivity contribution in [2.75, 3.05) is 19.6 Å². The second-order valence-electron chi connectivity index (χ2n) is 4.89. The number of hydrazine groups is 1. The minimum Gasteiger partial charge on any atom is -0.315 e. The van der Waals surface area contributed by atoms with Crippen LogP contribution in [0.5, 0.6) is 0 Å². The van der Waals surface area contributed by atoms with Crippen LogP contribution in [0.1, 0.15) is 20.8 Å². The Morgan fingerprint density at radius 1 is 1.17 bits per heavy atom. The fourth-order valence-corrected chi connectivity index (χ4v) is 2.30. The molecule has 2 saturated heterocycles. The van der Waals surface area contributed by atoms with Gasteiger partial charge in [-0.2, -0.15) is 0 Å². The molecular formula is C9H19N3. The molecule has 0 spiro atoms. The van der Waals surface area contributed by atoms with Crippen molar-refractivity contribution in [1.29, 1.82) is 0 Å². The Morgan fingerprint density at radius 2 is 1.92 bits per heavy atom. The molecule has 3 nitrogen and oxygen atoms in total. The zero-order chi connectivity index (χ0) is 8.77. The van der Waals surface area contributed by atoms with Crippen LogP contribution >= 0.6 is 0 Å². The van der Waals surface area contributed by atoms with Gasteiger partial charge in [-0.3, -0.25) is 5.43 Å². The molecule has 2 N–H and O–H groups in total. The molecule has 12 heavy (non-hydrogen) atoms. The minimum atomic E-state index is 0.255. The third-order valence-corrected chi connectivity index (χ3v) is 2.88. The standard InChI is InChI=1S/C9H19N3/c1-9(2,3)12-8-6-10-4-7(8)5-11-12/h7-8,10-11H,4-6H2,1-3H3. The summed E-state index contributed by atoms with van der Waals surface area (Å²) in [6.45, 7) is 10.3. The highest BCUT2D eigenvalue weighted by molar-refractivity contribution is 4.96. The summed E-state index contributed by atoms with van der Waals surface area (Å²) in [4.78, 5) is 0. The number of fused-ring (bicyclic) bond motifs is 1. The van der Waals surface area contributed by atoms with Gasteiger partial charge in [0, 0.05) is 37.1 Å². The first-order valence-corrected chi connectivity index (χ1v) is 4.82. The van der Waals surface area contributed by atoms with E-state index in [-0.39, 0.29) is 5.54 Å². The molecule has 2 fully saturated rings. The van der Waals surface area contributed by atoms with Crippen LogP contribution in [0, 0.1) is 5.92 Å². The van der Waals surface area contributed by atoms with Crippen molar-refractivity contribution in [3.8, 4) is 0 Å². The van der Waals surface area contributed by atoms with Crippen molar-refractivity contribution in [2.45, 2.75) is 32.4 Å². The highest BCUT2D eigenvalue weighted by Crippen LogP contribution is 2.26. The minimum absolute atomic E-state index is 0.255. The summed E-state index contributed by atoms with van der Waals surface area (Å²) in [5.74, 6) is 0.823. The van der Waals surface area contributed by atoms with Crippen LogP contribution in [0.25, 0.3) is 0 Å². The molecule has 0 aromatic heterocycles. The highest BCUT2D eigenvalue weighted by Gasteiger charge is 2.41. The summed E-state index contributed by atoms with van der Waals surface area (Å²) in [5, 5.41) is 5.86. The molecule has 2 rings (SSSR count). The largest absolute Gasteiger partial charge is 0.315 e. The van der Waals surface area contributed by atoms with Gasteiger partial charge in [0.05, 0.1) is 0 Å². The molecule has 2 atom stereocenters. The number of hydrogen-bond donors (Lipinski definition) is 2. The second kappa shape index (κ2) is 2.69. The number of rotatable bonds is 0. The molecular weight excluding hydrogens is 150 g/mol. The van der Waals surface area contributed by atoms with Gasteiger partial charge in [0.2, 0.25) is 0 Å².